The molecule has 2 atom stereocenters. The van der Waals surface area contributed by atoms with Crippen molar-refractivity contribution in [1.82, 2.24) is 4.90 Å². The molecule has 0 heterocycles. The van der Waals surface area contributed by atoms with Gasteiger partial charge in [-0.05, 0) is 20.4 Å². The number of ether oxygens (including phenoxy) is 2. The van der Waals surface area contributed by atoms with Gasteiger partial charge in [0.15, 0.2) is 0 Å². The maximum Gasteiger partial charge on any atom is 0.0731 e. The van der Waals surface area contributed by atoms with Crippen molar-refractivity contribution in [1.29, 1.82) is 0 Å². The fourth-order valence-electron chi connectivity index (χ4n) is 2.69. The molecule has 2 unspecified atom stereocenters. The molecule has 1 fully saturated rings. The van der Waals surface area contributed by atoms with Gasteiger partial charge in [0.05, 0.1) is 25.4 Å². The molecule has 0 bridgehead atoms. The van der Waals surface area contributed by atoms with E-state index in [0.29, 0.717) is 19.3 Å². The first-order chi connectivity index (χ1) is 7.89. The van der Waals surface area contributed by atoms with Gasteiger partial charge >= 0.3 is 0 Å². The zero-order valence-electron chi connectivity index (χ0n) is 11.8. The Morgan fingerprint density at radius 2 is 1.94 bits per heavy atom. The summed E-state index contributed by atoms with van der Waals surface area (Å²) in [5.74, 6) is 0. The summed E-state index contributed by atoms with van der Waals surface area (Å²) in [7, 11) is 3.92. The standard InChI is InChI=1S/C13H27NO3/c1-12(2)11(10-13(12,3)16-5)14(4)6-8-17-9-7-15/h11,15H,6-10H2,1-5H3. The van der Waals surface area contributed by atoms with Gasteiger partial charge in [0.25, 0.3) is 0 Å². The first kappa shape index (κ1) is 14.9. The van der Waals surface area contributed by atoms with Crippen LogP contribution in [0.3, 0.4) is 0 Å². The molecule has 0 amide bonds. The largest absolute Gasteiger partial charge is 0.394 e. The topological polar surface area (TPSA) is 41.9 Å². The molecule has 1 rings (SSSR count). The molecule has 4 heteroatoms. The molecule has 102 valence electrons. The fourth-order valence-corrected chi connectivity index (χ4v) is 2.69. The lowest BCUT2D eigenvalue weighted by atomic mass is 9.55. The molecule has 17 heavy (non-hydrogen) atoms. The van der Waals surface area contributed by atoms with Gasteiger partial charge in [-0.3, -0.25) is 0 Å². The van der Waals surface area contributed by atoms with Gasteiger partial charge in [-0.15, -0.1) is 0 Å². The Morgan fingerprint density at radius 3 is 2.41 bits per heavy atom. The molecule has 1 saturated carbocycles. The van der Waals surface area contributed by atoms with Crippen molar-refractivity contribution < 1.29 is 14.6 Å². The first-order valence-corrected chi connectivity index (χ1v) is 6.33. The number of rotatable bonds is 7. The molecule has 1 aliphatic rings. The third-order valence-electron chi connectivity index (χ3n) is 4.59. The Labute approximate surface area is 105 Å². The third-order valence-corrected chi connectivity index (χ3v) is 4.59. The summed E-state index contributed by atoms with van der Waals surface area (Å²) in [6.07, 6.45) is 1.06. The normalized spacial score (nSPS) is 31.6. The maximum absolute atomic E-state index is 8.63. The second-order valence-electron chi connectivity index (χ2n) is 5.69. The molecule has 0 spiro atoms. The molecule has 0 saturated heterocycles. The van der Waals surface area contributed by atoms with Crippen molar-refractivity contribution in [2.45, 2.75) is 38.8 Å². The van der Waals surface area contributed by atoms with Gasteiger partial charge in [-0.1, -0.05) is 13.8 Å². The van der Waals surface area contributed by atoms with Crippen LogP contribution >= 0.6 is 0 Å². The van der Waals surface area contributed by atoms with Crippen molar-refractivity contribution in [2.24, 2.45) is 5.41 Å². The molecule has 0 aromatic rings. The summed E-state index contributed by atoms with van der Waals surface area (Å²) in [6, 6.07) is 0.533. The van der Waals surface area contributed by atoms with Crippen molar-refractivity contribution >= 4 is 0 Å². The smallest absolute Gasteiger partial charge is 0.0731 e. The predicted octanol–water partition coefficient (Wildman–Crippen LogP) is 1.13. The van der Waals surface area contributed by atoms with E-state index in [1.165, 1.54) is 0 Å². The molecular weight excluding hydrogens is 218 g/mol. The number of aliphatic hydroxyl groups is 1. The van der Waals surface area contributed by atoms with Crippen LogP contribution in [0.15, 0.2) is 0 Å². The van der Waals surface area contributed by atoms with E-state index in [0.717, 1.165) is 13.0 Å². The predicted molar refractivity (Wildman–Crippen MR) is 68.1 cm³/mol. The van der Waals surface area contributed by atoms with E-state index in [1.807, 2.05) is 0 Å². The molecule has 0 aromatic heterocycles. The quantitative estimate of drug-likeness (QED) is 0.683. The second-order valence-corrected chi connectivity index (χ2v) is 5.69. The first-order valence-electron chi connectivity index (χ1n) is 6.33. The van der Waals surface area contributed by atoms with Crippen LogP contribution in [0.4, 0.5) is 0 Å². The number of hydrogen-bond acceptors (Lipinski definition) is 4. The van der Waals surface area contributed by atoms with E-state index >= 15 is 0 Å². The van der Waals surface area contributed by atoms with Gasteiger partial charge < -0.3 is 19.5 Å². The number of likely N-dealkylation sites (N-methyl/N-ethyl adjacent to an activating group) is 1. The highest BCUT2D eigenvalue weighted by Gasteiger charge is 2.58. The van der Waals surface area contributed by atoms with E-state index in [2.05, 4.69) is 32.7 Å². The molecule has 1 N–H and O–H groups in total. The fraction of sp³-hybridized carbons (Fsp3) is 1.00. The SMILES string of the molecule is COC1(C)CC(N(C)CCOCCO)C1(C)C. The Morgan fingerprint density at radius 1 is 1.29 bits per heavy atom. The van der Waals surface area contributed by atoms with Crippen LogP contribution in [0.2, 0.25) is 0 Å². The summed E-state index contributed by atoms with van der Waals surface area (Å²) in [4.78, 5) is 2.33. The number of nitrogens with zero attached hydrogens (tertiary/aromatic N) is 1. The number of methoxy groups -OCH3 is 1. The van der Waals surface area contributed by atoms with Crippen LogP contribution < -0.4 is 0 Å². The summed E-state index contributed by atoms with van der Waals surface area (Å²) in [6.45, 7) is 8.80. The summed E-state index contributed by atoms with van der Waals surface area (Å²) >= 11 is 0. The highest BCUT2D eigenvalue weighted by atomic mass is 16.5. The Bertz CT molecular complexity index is 245. The lowest BCUT2D eigenvalue weighted by Gasteiger charge is -2.61. The minimum Gasteiger partial charge on any atom is -0.394 e. The van der Waals surface area contributed by atoms with E-state index in [9.17, 15) is 0 Å². The summed E-state index contributed by atoms with van der Waals surface area (Å²) < 4.78 is 10.9. The second kappa shape index (κ2) is 5.65. The van der Waals surface area contributed by atoms with Gasteiger partial charge in [0, 0.05) is 25.1 Å². The van der Waals surface area contributed by atoms with Crippen molar-refractivity contribution in [3.05, 3.63) is 0 Å². The van der Waals surface area contributed by atoms with Crippen molar-refractivity contribution in [2.75, 3.05) is 40.5 Å². The van der Waals surface area contributed by atoms with Crippen LogP contribution in [0.25, 0.3) is 0 Å². The van der Waals surface area contributed by atoms with Gasteiger partial charge in [-0.25, -0.2) is 0 Å². The third kappa shape index (κ3) is 2.81. The zero-order chi connectivity index (χ0) is 13.1. The molecule has 0 aromatic carbocycles. The van der Waals surface area contributed by atoms with Crippen molar-refractivity contribution in [3.8, 4) is 0 Å². The lowest BCUT2D eigenvalue weighted by molar-refractivity contribution is -0.206. The van der Waals surface area contributed by atoms with Gasteiger partial charge in [0.2, 0.25) is 0 Å². The lowest BCUT2D eigenvalue weighted by Crippen LogP contribution is -2.68. The van der Waals surface area contributed by atoms with Gasteiger partial charge in [-0.2, -0.15) is 0 Å². The van der Waals surface area contributed by atoms with Crippen LogP contribution in [0, 0.1) is 5.41 Å². The molecule has 1 aliphatic carbocycles. The monoisotopic (exact) mass is 245 g/mol. The van der Waals surface area contributed by atoms with E-state index in [1.54, 1.807) is 7.11 Å². The average Bonchev–Trinajstić information content (AvgIpc) is 2.30. The summed E-state index contributed by atoms with van der Waals surface area (Å²) in [5, 5.41) is 8.63. The minimum absolute atomic E-state index is 0.0160. The average molecular weight is 245 g/mol. The minimum atomic E-state index is -0.0160. The van der Waals surface area contributed by atoms with Crippen molar-refractivity contribution in [3.63, 3.8) is 0 Å². The Balaban J connectivity index is 2.37. The highest BCUT2D eigenvalue weighted by molar-refractivity contribution is 5.11. The number of hydrogen-bond donors (Lipinski definition) is 1. The van der Waals surface area contributed by atoms with E-state index in [-0.39, 0.29) is 17.6 Å². The van der Waals surface area contributed by atoms with Gasteiger partial charge in [0.1, 0.15) is 0 Å². The molecule has 0 aliphatic heterocycles. The number of aliphatic hydroxyl groups excluding tert-OH is 1. The molecule has 4 nitrogen and oxygen atoms in total. The van der Waals surface area contributed by atoms with Crippen LogP contribution in [0.5, 0.6) is 0 Å². The highest BCUT2D eigenvalue weighted by Crippen LogP contribution is 2.53. The molecule has 0 radical (unpaired) electrons. The van der Waals surface area contributed by atoms with Crippen LogP contribution in [0.1, 0.15) is 27.2 Å². The van der Waals surface area contributed by atoms with Crippen LogP contribution in [-0.4, -0.2) is 62.2 Å². The zero-order valence-corrected chi connectivity index (χ0v) is 11.8. The summed E-state index contributed by atoms with van der Waals surface area (Å²) in [5.41, 5.74) is 0.144. The Hall–Kier alpha value is -0.160. The maximum atomic E-state index is 8.63. The van der Waals surface area contributed by atoms with Crippen LogP contribution in [-0.2, 0) is 9.47 Å². The Kier molecular flexibility index (Phi) is 4.95. The molecular formula is C13H27NO3. The van der Waals surface area contributed by atoms with E-state index in [4.69, 9.17) is 14.6 Å². The van der Waals surface area contributed by atoms with E-state index < -0.39 is 0 Å².